The number of nitrogens with zero attached hydrogens (tertiary/aromatic N) is 2. The molecule has 0 saturated heterocycles. The van der Waals surface area contributed by atoms with Gasteiger partial charge in [-0.25, -0.2) is 4.39 Å². The lowest BCUT2D eigenvalue weighted by molar-refractivity contribution is -0.124. The van der Waals surface area contributed by atoms with Crippen LogP contribution in [-0.2, 0) is 10.3 Å². The summed E-state index contributed by atoms with van der Waals surface area (Å²) >= 11 is 0. The first-order valence-corrected chi connectivity index (χ1v) is 8.46. The molecule has 0 radical (unpaired) electrons. The lowest BCUT2D eigenvalue weighted by Gasteiger charge is -2.26. The van der Waals surface area contributed by atoms with Crippen molar-refractivity contribution in [3.05, 3.63) is 47.4 Å². The van der Waals surface area contributed by atoms with Crippen molar-refractivity contribution in [2.45, 2.75) is 50.5 Å². The first-order valence-electron chi connectivity index (χ1n) is 8.46. The third-order valence-electron chi connectivity index (χ3n) is 5.20. The van der Waals surface area contributed by atoms with Crippen molar-refractivity contribution >= 4 is 5.91 Å². The minimum Gasteiger partial charge on any atom is -0.343 e. The van der Waals surface area contributed by atoms with Crippen LogP contribution in [0.5, 0.6) is 0 Å². The average Bonchev–Trinajstić information content (AvgIpc) is 3.01. The molecule has 1 aromatic heterocycles. The Bertz CT molecular complexity index is 750. The average molecular weight is 329 g/mol. The van der Waals surface area contributed by atoms with Gasteiger partial charge in [0.2, 0.25) is 11.8 Å². The standard InChI is InChI=1S/C18H20FN3O2/c1-11-20-17(22-24-11)18(8-2-3-9-18)21-16(23)15-10-14(15)12-4-6-13(19)7-5-12/h4-7,14-15H,2-3,8-10H2,1H3,(H,21,23). The van der Waals surface area contributed by atoms with Crippen LogP contribution in [0, 0.1) is 18.7 Å². The number of carbonyl (C=O) groups is 1. The molecule has 24 heavy (non-hydrogen) atoms. The van der Waals surface area contributed by atoms with E-state index < -0.39 is 5.54 Å². The molecule has 1 aromatic carbocycles. The topological polar surface area (TPSA) is 68.0 Å². The molecule has 0 bridgehead atoms. The van der Waals surface area contributed by atoms with Crippen molar-refractivity contribution in [1.82, 2.24) is 15.5 Å². The second-order valence-electron chi connectivity index (χ2n) is 6.92. The van der Waals surface area contributed by atoms with Gasteiger partial charge in [-0.15, -0.1) is 0 Å². The van der Waals surface area contributed by atoms with E-state index in [4.69, 9.17) is 4.52 Å². The summed E-state index contributed by atoms with van der Waals surface area (Å²) in [5.74, 6) is 1.01. The summed E-state index contributed by atoms with van der Waals surface area (Å²) in [6, 6.07) is 6.43. The van der Waals surface area contributed by atoms with E-state index in [9.17, 15) is 9.18 Å². The van der Waals surface area contributed by atoms with Crippen molar-refractivity contribution in [2.75, 3.05) is 0 Å². The molecule has 2 unspecified atom stereocenters. The monoisotopic (exact) mass is 329 g/mol. The number of hydrogen-bond donors (Lipinski definition) is 1. The number of nitrogens with one attached hydrogen (secondary N) is 1. The molecule has 1 heterocycles. The fraction of sp³-hybridized carbons (Fsp3) is 0.500. The molecule has 5 nitrogen and oxygen atoms in total. The van der Waals surface area contributed by atoms with Crippen LogP contribution >= 0.6 is 0 Å². The van der Waals surface area contributed by atoms with Crippen molar-refractivity contribution in [2.24, 2.45) is 5.92 Å². The predicted octanol–water partition coefficient (Wildman–Crippen LogP) is 3.21. The summed E-state index contributed by atoms with van der Waals surface area (Å²) in [6.45, 7) is 1.76. The van der Waals surface area contributed by atoms with E-state index in [1.54, 1.807) is 19.1 Å². The van der Waals surface area contributed by atoms with E-state index in [2.05, 4.69) is 15.5 Å². The summed E-state index contributed by atoms with van der Waals surface area (Å²) in [6.07, 6.45) is 4.57. The SMILES string of the molecule is Cc1nc(C2(NC(=O)C3CC3c3ccc(F)cc3)CCCC2)no1. The molecule has 4 rings (SSSR count). The normalized spacial score (nSPS) is 24.8. The summed E-state index contributed by atoms with van der Waals surface area (Å²) in [4.78, 5) is 17.1. The Hall–Kier alpha value is -2.24. The van der Waals surface area contributed by atoms with Crippen molar-refractivity contribution < 1.29 is 13.7 Å². The molecule has 126 valence electrons. The van der Waals surface area contributed by atoms with Gasteiger partial charge in [-0.3, -0.25) is 4.79 Å². The Kier molecular flexibility index (Phi) is 3.62. The summed E-state index contributed by atoms with van der Waals surface area (Å²) in [5.41, 5.74) is 0.526. The first kappa shape index (κ1) is 15.3. The van der Waals surface area contributed by atoms with E-state index in [-0.39, 0.29) is 23.6 Å². The number of amides is 1. The van der Waals surface area contributed by atoms with Gasteiger partial charge in [-0.2, -0.15) is 4.98 Å². The molecule has 2 aliphatic carbocycles. The smallest absolute Gasteiger partial charge is 0.224 e. The highest BCUT2D eigenvalue weighted by Gasteiger charge is 2.48. The Labute approximate surface area is 139 Å². The predicted molar refractivity (Wildman–Crippen MR) is 84.6 cm³/mol. The van der Waals surface area contributed by atoms with Gasteiger partial charge in [0.25, 0.3) is 0 Å². The zero-order valence-corrected chi connectivity index (χ0v) is 13.6. The molecule has 2 atom stereocenters. The number of hydrogen-bond acceptors (Lipinski definition) is 4. The zero-order chi connectivity index (χ0) is 16.7. The Balaban J connectivity index is 1.48. The van der Waals surface area contributed by atoms with Gasteiger partial charge in [0.1, 0.15) is 11.4 Å². The molecule has 2 saturated carbocycles. The number of aryl methyl sites for hydroxylation is 1. The summed E-state index contributed by atoms with van der Waals surface area (Å²) < 4.78 is 18.1. The van der Waals surface area contributed by atoms with E-state index in [0.29, 0.717) is 11.7 Å². The molecule has 2 aliphatic rings. The molecule has 1 amide bonds. The molecular weight excluding hydrogens is 309 g/mol. The van der Waals surface area contributed by atoms with Crippen molar-refractivity contribution in [3.8, 4) is 0 Å². The maximum Gasteiger partial charge on any atom is 0.224 e. The number of aromatic nitrogens is 2. The Morgan fingerprint density at radius 3 is 2.62 bits per heavy atom. The third-order valence-corrected chi connectivity index (χ3v) is 5.20. The van der Waals surface area contributed by atoms with Crippen LogP contribution in [0.2, 0.25) is 0 Å². The molecule has 0 spiro atoms. The van der Waals surface area contributed by atoms with Crippen LogP contribution in [0.25, 0.3) is 0 Å². The van der Waals surface area contributed by atoms with E-state index >= 15 is 0 Å². The number of carbonyl (C=O) groups excluding carboxylic acids is 1. The maximum atomic E-state index is 13.0. The highest BCUT2D eigenvalue weighted by molar-refractivity contribution is 5.83. The second kappa shape index (κ2) is 5.69. The quantitative estimate of drug-likeness (QED) is 0.935. The summed E-state index contributed by atoms with van der Waals surface area (Å²) in [7, 11) is 0. The molecule has 2 aromatic rings. The fourth-order valence-corrected chi connectivity index (χ4v) is 3.77. The van der Waals surface area contributed by atoms with Gasteiger partial charge in [0, 0.05) is 12.8 Å². The van der Waals surface area contributed by atoms with Gasteiger partial charge in [0.05, 0.1) is 0 Å². The lowest BCUT2D eigenvalue weighted by Crippen LogP contribution is -2.45. The maximum absolute atomic E-state index is 13.0. The van der Waals surface area contributed by atoms with Gasteiger partial charge >= 0.3 is 0 Å². The van der Waals surface area contributed by atoms with Gasteiger partial charge < -0.3 is 9.84 Å². The largest absolute Gasteiger partial charge is 0.343 e. The van der Waals surface area contributed by atoms with Crippen LogP contribution in [0.1, 0.15) is 55.3 Å². The van der Waals surface area contributed by atoms with Crippen molar-refractivity contribution in [3.63, 3.8) is 0 Å². The molecule has 6 heteroatoms. The van der Waals surface area contributed by atoms with Crippen LogP contribution in [0.15, 0.2) is 28.8 Å². The van der Waals surface area contributed by atoms with E-state index in [1.807, 2.05) is 0 Å². The summed E-state index contributed by atoms with van der Waals surface area (Å²) in [5, 5.41) is 7.24. The van der Waals surface area contributed by atoms with Gasteiger partial charge in [-0.05, 0) is 42.9 Å². The minimum atomic E-state index is -0.495. The Morgan fingerprint density at radius 2 is 2.00 bits per heavy atom. The van der Waals surface area contributed by atoms with Crippen LogP contribution in [0.4, 0.5) is 4.39 Å². The van der Waals surface area contributed by atoms with Crippen molar-refractivity contribution in [1.29, 1.82) is 0 Å². The van der Waals surface area contributed by atoms with E-state index in [1.165, 1.54) is 12.1 Å². The molecule has 2 fully saturated rings. The first-order chi connectivity index (χ1) is 11.6. The van der Waals surface area contributed by atoms with E-state index in [0.717, 1.165) is 37.7 Å². The zero-order valence-electron chi connectivity index (χ0n) is 13.6. The minimum absolute atomic E-state index is 0.0358. The fourth-order valence-electron chi connectivity index (χ4n) is 3.77. The van der Waals surface area contributed by atoms with Crippen LogP contribution in [0.3, 0.4) is 0 Å². The second-order valence-corrected chi connectivity index (χ2v) is 6.92. The highest BCUT2D eigenvalue weighted by Crippen LogP contribution is 2.48. The third kappa shape index (κ3) is 2.70. The van der Waals surface area contributed by atoms with Gasteiger partial charge in [-0.1, -0.05) is 30.1 Å². The van der Waals surface area contributed by atoms with Crippen LogP contribution < -0.4 is 5.32 Å². The number of halogens is 1. The Morgan fingerprint density at radius 1 is 1.29 bits per heavy atom. The molecule has 0 aliphatic heterocycles. The highest BCUT2D eigenvalue weighted by atomic mass is 19.1. The number of rotatable bonds is 4. The number of benzene rings is 1. The van der Waals surface area contributed by atoms with Gasteiger partial charge in [0.15, 0.2) is 5.82 Å². The van der Waals surface area contributed by atoms with Crippen LogP contribution in [-0.4, -0.2) is 16.0 Å². The lowest BCUT2D eigenvalue weighted by atomic mass is 9.96. The molecular formula is C18H20FN3O2. The molecule has 1 N–H and O–H groups in total.